The fraction of sp³-hybridized carbons (Fsp3) is 0.870. The third-order valence-corrected chi connectivity index (χ3v) is 9.42. The molecule has 0 spiro atoms. The molecule has 0 aromatic rings. The lowest BCUT2D eigenvalue weighted by Gasteiger charge is -2.59. The molecule has 7 atom stereocenters. The lowest BCUT2D eigenvalue weighted by molar-refractivity contribution is -0.119. The van der Waals surface area contributed by atoms with Gasteiger partial charge in [0.25, 0.3) is 0 Å². The molecule has 0 unspecified atom stereocenters. The van der Waals surface area contributed by atoms with Gasteiger partial charge in [0.15, 0.2) is 5.78 Å². The summed E-state index contributed by atoms with van der Waals surface area (Å²) in [7, 11) is 1.92. The van der Waals surface area contributed by atoms with Crippen molar-refractivity contribution in [2.24, 2.45) is 40.4 Å². The van der Waals surface area contributed by atoms with Crippen LogP contribution in [0.1, 0.15) is 72.1 Å². The number of nitrogens with one attached hydrogen (secondary N) is 1. The molecule has 4 aliphatic rings. The molecule has 3 saturated carbocycles. The second-order valence-corrected chi connectivity index (χ2v) is 10.2. The van der Waals surface area contributed by atoms with Crippen LogP contribution in [0.5, 0.6) is 0 Å². The monoisotopic (exact) mass is 359 g/mol. The number of carbonyl (C=O) groups is 1. The SMILES string of the molecule is CNC1=C2CC[C@H]3[C@@H]4CC[C@H]([C@H](C)CO)[C@@]4(C)CC[C@@H]3[C@@]2(C)CCC1=O. The minimum Gasteiger partial charge on any atom is -0.396 e. The molecule has 0 saturated heterocycles. The number of aliphatic hydroxyl groups is 1. The van der Waals surface area contributed by atoms with Crippen LogP contribution in [-0.4, -0.2) is 24.5 Å². The van der Waals surface area contributed by atoms with Gasteiger partial charge in [-0.3, -0.25) is 4.79 Å². The van der Waals surface area contributed by atoms with E-state index in [0.717, 1.165) is 36.3 Å². The van der Waals surface area contributed by atoms with Gasteiger partial charge >= 0.3 is 0 Å². The zero-order valence-corrected chi connectivity index (χ0v) is 17.1. The van der Waals surface area contributed by atoms with Crippen molar-refractivity contribution in [2.75, 3.05) is 13.7 Å². The zero-order valence-electron chi connectivity index (χ0n) is 17.1. The van der Waals surface area contributed by atoms with E-state index in [1.807, 2.05) is 7.05 Å². The van der Waals surface area contributed by atoms with Crippen LogP contribution in [0.4, 0.5) is 0 Å². The summed E-state index contributed by atoms with van der Waals surface area (Å²) in [5.74, 6) is 3.81. The molecule has 3 nitrogen and oxygen atoms in total. The normalized spacial score (nSPS) is 46.4. The second-order valence-electron chi connectivity index (χ2n) is 10.2. The quantitative estimate of drug-likeness (QED) is 0.789. The number of fused-ring (bicyclic) bond motifs is 5. The summed E-state index contributed by atoms with van der Waals surface area (Å²) in [5, 5.41) is 13.0. The highest BCUT2D eigenvalue weighted by Gasteiger charge is 2.60. The Morgan fingerprint density at radius 3 is 2.58 bits per heavy atom. The van der Waals surface area contributed by atoms with Crippen LogP contribution < -0.4 is 5.32 Å². The topological polar surface area (TPSA) is 49.3 Å². The predicted molar refractivity (Wildman–Crippen MR) is 104 cm³/mol. The van der Waals surface area contributed by atoms with Gasteiger partial charge in [0, 0.05) is 20.1 Å². The van der Waals surface area contributed by atoms with E-state index < -0.39 is 0 Å². The first-order valence-corrected chi connectivity index (χ1v) is 10.9. The maximum atomic E-state index is 12.4. The molecule has 0 aromatic heterocycles. The molecule has 146 valence electrons. The van der Waals surface area contributed by atoms with Crippen molar-refractivity contribution in [3.05, 3.63) is 11.3 Å². The van der Waals surface area contributed by atoms with Crippen LogP contribution in [0.15, 0.2) is 11.3 Å². The van der Waals surface area contributed by atoms with Crippen molar-refractivity contribution >= 4 is 5.78 Å². The number of carbonyl (C=O) groups excluding carboxylic acids is 1. The summed E-state index contributed by atoms with van der Waals surface area (Å²) in [6.07, 6.45) is 9.38. The number of likely N-dealkylation sites (N-methyl/N-ethyl adjacent to an activating group) is 1. The van der Waals surface area contributed by atoms with E-state index in [1.165, 1.54) is 37.7 Å². The number of allylic oxidation sites excluding steroid dienone is 1. The molecule has 4 aliphatic carbocycles. The first-order chi connectivity index (χ1) is 12.4. The molecule has 0 aliphatic heterocycles. The van der Waals surface area contributed by atoms with E-state index in [-0.39, 0.29) is 5.41 Å². The van der Waals surface area contributed by atoms with Gasteiger partial charge in [0.1, 0.15) is 0 Å². The Bertz CT molecular complexity index is 626. The van der Waals surface area contributed by atoms with Gasteiger partial charge < -0.3 is 10.4 Å². The zero-order chi connectivity index (χ0) is 18.7. The number of hydrogen-bond acceptors (Lipinski definition) is 3. The third-order valence-electron chi connectivity index (χ3n) is 9.42. The molecule has 3 fully saturated rings. The van der Waals surface area contributed by atoms with Gasteiger partial charge in [-0.05, 0) is 90.9 Å². The first kappa shape index (κ1) is 18.5. The molecule has 3 heteroatoms. The lowest BCUT2D eigenvalue weighted by Crippen LogP contribution is -2.52. The summed E-state index contributed by atoms with van der Waals surface area (Å²) in [6, 6.07) is 0. The minimum absolute atomic E-state index is 0.219. The first-order valence-electron chi connectivity index (χ1n) is 10.9. The Morgan fingerprint density at radius 1 is 1.12 bits per heavy atom. The van der Waals surface area contributed by atoms with E-state index in [2.05, 4.69) is 26.1 Å². The number of hydrogen-bond donors (Lipinski definition) is 2. The van der Waals surface area contributed by atoms with Gasteiger partial charge in [-0.2, -0.15) is 0 Å². The Balaban J connectivity index is 1.67. The van der Waals surface area contributed by atoms with Crippen LogP contribution >= 0.6 is 0 Å². The Hall–Kier alpha value is -0.830. The molecular formula is C23H37NO2. The van der Waals surface area contributed by atoms with Crippen molar-refractivity contribution in [3.63, 3.8) is 0 Å². The molecule has 0 heterocycles. The standard InChI is InChI=1S/C23H37NO2/c1-14(13-25)16-7-8-17-15-5-6-19-21(24-4)20(26)10-12-23(19,3)18(15)9-11-22(16,17)2/h14-18,24-25H,5-13H2,1-4H3/t14-,15+,16-,17+,18+,22-,23-/m1/s1. The average molecular weight is 360 g/mol. The molecular weight excluding hydrogens is 322 g/mol. The van der Waals surface area contributed by atoms with Crippen molar-refractivity contribution in [2.45, 2.75) is 72.1 Å². The molecule has 2 N–H and O–H groups in total. The van der Waals surface area contributed by atoms with Gasteiger partial charge in [0.2, 0.25) is 0 Å². The van der Waals surface area contributed by atoms with Crippen molar-refractivity contribution in [3.8, 4) is 0 Å². The van der Waals surface area contributed by atoms with Crippen LogP contribution in [0.3, 0.4) is 0 Å². The highest BCUT2D eigenvalue weighted by atomic mass is 16.3. The summed E-state index contributed by atoms with van der Waals surface area (Å²) in [5.41, 5.74) is 3.03. The smallest absolute Gasteiger partial charge is 0.178 e. The number of aliphatic hydroxyl groups excluding tert-OH is 1. The van der Waals surface area contributed by atoms with Crippen molar-refractivity contribution in [1.29, 1.82) is 0 Å². The van der Waals surface area contributed by atoms with Gasteiger partial charge in [-0.15, -0.1) is 0 Å². The Morgan fingerprint density at radius 2 is 1.88 bits per heavy atom. The van der Waals surface area contributed by atoms with Crippen molar-refractivity contribution < 1.29 is 9.90 Å². The number of Topliss-reactive ketones (excluding diaryl/α,β-unsaturated/α-hetero) is 1. The maximum absolute atomic E-state index is 12.4. The van der Waals surface area contributed by atoms with E-state index in [4.69, 9.17) is 0 Å². The summed E-state index contributed by atoms with van der Waals surface area (Å²) >= 11 is 0. The van der Waals surface area contributed by atoms with Crippen LogP contribution in [-0.2, 0) is 4.79 Å². The van der Waals surface area contributed by atoms with Crippen molar-refractivity contribution in [1.82, 2.24) is 5.32 Å². The van der Waals surface area contributed by atoms with E-state index in [1.54, 1.807) is 0 Å². The second kappa shape index (κ2) is 6.36. The molecule has 26 heavy (non-hydrogen) atoms. The summed E-state index contributed by atoms with van der Waals surface area (Å²) < 4.78 is 0. The lowest BCUT2D eigenvalue weighted by atomic mass is 9.46. The van der Waals surface area contributed by atoms with E-state index in [9.17, 15) is 9.90 Å². The highest BCUT2D eigenvalue weighted by Crippen LogP contribution is 2.67. The summed E-state index contributed by atoms with van der Waals surface area (Å²) in [4.78, 5) is 12.4. The van der Waals surface area contributed by atoms with E-state index >= 15 is 0 Å². The highest BCUT2D eigenvalue weighted by molar-refractivity contribution is 5.96. The molecule has 4 rings (SSSR count). The van der Waals surface area contributed by atoms with Gasteiger partial charge in [-0.25, -0.2) is 0 Å². The third kappa shape index (κ3) is 2.38. The summed E-state index contributed by atoms with van der Waals surface area (Å²) in [6.45, 7) is 7.59. The number of rotatable bonds is 3. The molecule has 0 amide bonds. The maximum Gasteiger partial charge on any atom is 0.178 e. The Kier molecular flexibility index (Phi) is 4.53. The Labute approximate surface area is 159 Å². The van der Waals surface area contributed by atoms with Crippen LogP contribution in [0, 0.1) is 40.4 Å². The van der Waals surface area contributed by atoms with Crippen LogP contribution in [0.2, 0.25) is 0 Å². The molecule has 0 radical (unpaired) electrons. The predicted octanol–water partition coefficient (Wildman–Crippen LogP) is 4.31. The van der Waals surface area contributed by atoms with E-state index in [0.29, 0.717) is 36.1 Å². The molecule has 0 bridgehead atoms. The molecule has 0 aromatic carbocycles. The fourth-order valence-corrected chi connectivity index (χ4v) is 8.11. The van der Waals surface area contributed by atoms with Gasteiger partial charge in [-0.1, -0.05) is 20.8 Å². The fourth-order valence-electron chi connectivity index (χ4n) is 8.11. The number of ketones is 1. The average Bonchev–Trinajstić information content (AvgIpc) is 2.99. The van der Waals surface area contributed by atoms with Crippen LogP contribution in [0.25, 0.3) is 0 Å². The minimum atomic E-state index is 0.219. The largest absolute Gasteiger partial charge is 0.396 e. The van der Waals surface area contributed by atoms with Gasteiger partial charge in [0.05, 0.1) is 5.70 Å².